The van der Waals surface area contributed by atoms with E-state index in [1.165, 1.54) is 12.1 Å². The van der Waals surface area contributed by atoms with Crippen LogP contribution in [0, 0.1) is 5.82 Å². The number of fused-ring (bicyclic) bond motifs is 1. The minimum atomic E-state index is -0.342. The number of H-pyrrole nitrogens is 1. The third-order valence-electron chi connectivity index (χ3n) is 4.80. The number of hydrogen-bond donors (Lipinski definition) is 2. The highest BCUT2D eigenvalue weighted by molar-refractivity contribution is 6.06. The molecule has 0 spiro atoms. The van der Waals surface area contributed by atoms with Crippen molar-refractivity contribution in [1.82, 2.24) is 14.9 Å². The van der Waals surface area contributed by atoms with E-state index in [9.17, 15) is 9.18 Å². The summed E-state index contributed by atoms with van der Waals surface area (Å²) in [5, 5.41) is 3.77. The van der Waals surface area contributed by atoms with Crippen LogP contribution >= 0.6 is 0 Å². The van der Waals surface area contributed by atoms with Crippen LogP contribution in [0.5, 0.6) is 0 Å². The second-order valence-electron chi connectivity index (χ2n) is 6.30. The van der Waals surface area contributed by atoms with Crippen molar-refractivity contribution in [3.8, 4) is 0 Å². The van der Waals surface area contributed by atoms with E-state index in [4.69, 9.17) is 0 Å². The lowest BCUT2D eigenvalue weighted by atomic mass is 10.1. The maximum atomic E-state index is 13.6. The maximum Gasteiger partial charge on any atom is 0.256 e. The molecule has 134 valence electrons. The van der Waals surface area contributed by atoms with E-state index in [2.05, 4.69) is 20.2 Å². The molecule has 0 unspecified atom stereocenters. The summed E-state index contributed by atoms with van der Waals surface area (Å²) in [6.07, 6.45) is 3.44. The molecule has 7 heteroatoms. The van der Waals surface area contributed by atoms with E-state index in [1.54, 1.807) is 18.5 Å². The van der Waals surface area contributed by atoms with Gasteiger partial charge >= 0.3 is 0 Å². The van der Waals surface area contributed by atoms with E-state index >= 15 is 0 Å². The van der Waals surface area contributed by atoms with Crippen LogP contribution in [0.1, 0.15) is 10.4 Å². The first kappa shape index (κ1) is 16.4. The van der Waals surface area contributed by atoms with Gasteiger partial charge in [0, 0.05) is 56.5 Å². The fourth-order valence-corrected chi connectivity index (χ4v) is 3.41. The Kier molecular flexibility index (Phi) is 4.20. The van der Waals surface area contributed by atoms with Gasteiger partial charge in [-0.1, -0.05) is 0 Å². The lowest BCUT2D eigenvalue weighted by Crippen LogP contribution is -2.49. The number of halogens is 1. The lowest BCUT2D eigenvalue weighted by molar-refractivity contribution is 0.0748. The van der Waals surface area contributed by atoms with Crippen molar-refractivity contribution in [2.45, 2.75) is 0 Å². The zero-order valence-corrected chi connectivity index (χ0v) is 14.5. The van der Waals surface area contributed by atoms with Crippen LogP contribution in [0.15, 0.2) is 42.7 Å². The molecule has 2 N–H and O–H groups in total. The lowest BCUT2D eigenvalue weighted by Gasteiger charge is -2.36. The number of amides is 1. The number of pyridine rings is 1. The van der Waals surface area contributed by atoms with Crippen LogP contribution < -0.4 is 10.2 Å². The normalized spacial score (nSPS) is 14.7. The van der Waals surface area contributed by atoms with Gasteiger partial charge in [-0.25, -0.2) is 9.37 Å². The highest BCUT2D eigenvalue weighted by atomic mass is 19.1. The zero-order chi connectivity index (χ0) is 18.1. The van der Waals surface area contributed by atoms with E-state index < -0.39 is 0 Å². The van der Waals surface area contributed by atoms with Crippen molar-refractivity contribution in [2.75, 3.05) is 43.4 Å². The van der Waals surface area contributed by atoms with Crippen LogP contribution in [0.2, 0.25) is 0 Å². The quantitative estimate of drug-likeness (QED) is 0.760. The molecular weight excluding hydrogens is 333 g/mol. The molecule has 1 aliphatic rings. The molecule has 1 saturated heterocycles. The molecule has 1 aromatic carbocycles. The molecule has 26 heavy (non-hydrogen) atoms. The summed E-state index contributed by atoms with van der Waals surface area (Å²) < 4.78 is 13.6. The molecule has 1 aliphatic heterocycles. The summed E-state index contributed by atoms with van der Waals surface area (Å²) in [6, 6.07) is 8.33. The summed E-state index contributed by atoms with van der Waals surface area (Å²) in [7, 11) is 1.87. The number of rotatable bonds is 3. The van der Waals surface area contributed by atoms with Crippen molar-refractivity contribution in [3.05, 3.63) is 54.1 Å². The first-order chi connectivity index (χ1) is 12.7. The predicted molar refractivity (Wildman–Crippen MR) is 100 cm³/mol. The Bertz CT molecular complexity index is 946. The first-order valence-electron chi connectivity index (χ1n) is 8.61. The van der Waals surface area contributed by atoms with Crippen molar-refractivity contribution in [1.29, 1.82) is 0 Å². The Morgan fingerprint density at radius 3 is 2.81 bits per heavy atom. The molecular formula is C19H20FN5O. The molecule has 0 atom stereocenters. The molecule has 0 radical (unpaired) electrons. The fourth-order valence-electron chi connectivity index (χ4n) is 3.41. The second kappa shape index (κ2) is 6.67. The van der Waals surface area contributed by atoms with Gasteiger partial charge in [-0.05, 0) is 30.3 Å². The monoisotopic (exact) mass is 353 g/mol. The number of carbonyl (C=O) groups is 1. The number of aromatic amines is 1. The van der Waals surface area contributed by atoms with E-state index in [-0.39, 0.29) is 11.7 Å². The fraction of sp³-hybridized carbons (Fsp3) is 0.263. The van der Waals surface area contributed by atoms with Crippen LogP contribution in [0.3, 0.4) is 0 Å². The van der Waals surface area contributed by atoms with Crippen molar-refractivity contribution in [3.63, 3.8) is 0 Å². The third-order valence-corrected chi connectivity index (χ3v) is 4.80. The van der Waals surface area contributed by atoms with Gasteiger partial charge in [0.15, 0.2) is 5.82 Å². The van der Waals surface area contributed by atoms with Crippen LogP contribution in [0.4, 0.5) is 15.9 Å². The highest BCUT2D eigenvalue weighted by Gasteiger charge is 2.25. The molecule has 3 aromatic rings. The number of aromatic nitrogens is 2. The Hall–Kier alpha value is -3.09. The number of hydrogen-bond acceptors (Lipinski definition) is 4. The van der Waals surface area contributed by atoms with Gasteiger partial charge in [-0.15, -0.1) is 0 Å². The third kappa shape index (κ3) is 2.85. The molecule has 3 heterocycles. The van der Waals surface area contributed by atoms with Crippen molar-refractivity contribution >= 4 is 28.3 Å². The largest absolute Gasteiger partial charge is 0.385 e. The molecule has 0 aliphatic carbocycles. The Balaban J connectivity index is 1.50. The van der Waals surface area contributed by atoms with Gasteiger partial charge in [0.05, 0.1) is 11.3 Å². The smallest absolute Gasteiger partial charge is 0.256 e. The van der Waals surface area contributed by atoms with Crippen molar-refractivity contribution < 1.29 is 9.18 Å². The standard InChI is InChI=1S/C19H20FN5O/c1-21-17-3-2-6-22-18(17)24-7-9-25(10-8-24)19(26)15-12-23-16-5-4-13(20)11-14(15)16/h2-6,11-12,21,23H,7-10H2,1H3. The number of anilines is 2. The van der Waals surface area contributed by atoms with Gasteiger partial charge in [0.1, 0.15) is 5.82 Å². The average molecular weight is 353 g/mol. The van der Waals surface area contributed by atoms with Crippen LogP contribution in [-0.2, 0) is 0 Å². The van der Waals surface area contributed by atoms with Gasteiger partial charge in [-0.2, -0.15) is 0 Å². The maximum absolute atomic E-state index is 13.6. The summed E-state index contributed by atoms with van der Waals surface area (Å²) in [5.41, 5.74) is 2.25. The number of nitrogens with zero attached hydrogens (tertiary/aromatic N) is 3. The van der Waals surface area contributed by atoms with E-state index in [1.807, 2.05) is 24.1 Å². The molecule has 6 nitrogen and oxygen atoms in total. The molecule has 0 bridgehead atoms. The summed E-state index contributed by atoms with van der Waals surface area (Å²) in [4.78, 5) is 24.4. The Morgan fingerprint density at radius 1 is 1.23 bits per heavy atom. The second-order valence-corrected chi connectivity index (χ2v) is 6.30. The van der Waals surface area contributed by atoms with Gasteiger partial charge in [0.2, 0.25) is 0 Å². The zero-order valence-electron chi connectivity index (χ0n) is 14.5. The van der Waals surface area contributed by atoms with Crippen LogP contribution in [-0.4, -0.2) is 54.0 Å². The van der Waals surface area contributed by atoms with Crippen molar-refractivity contribution in [2.24, 2.45) is 0 Å². The Labute approximate surface area is 150 Å². The summed E-state index contributed by atoms with van der Waals surface area (Å²) >= 11 is 0. The minimum absolute atomic E-state index is 0.0728. The molecule has 1 fully saturated rings. The molecule has 2 aromatic heterocycles. The van der Waals surface area contributed by atoms with E-state index in [0.29, 0.717) is 37.1 Å². The minimum Gasteiger partial charge on any atom is -0.385 e. The van der Waals surface area contributed by atoms with Gasteiger partial charge in [-0.3, -0.25) is 4.79 Å². The number of carbonyl (C=O) groups excluding carboxylic acids is 1. The molecule has 4 rings (SSSR count). The van der Waals surface area contributed by atoms with E-state index in [0.717, 1.165) is 17.0 Å². The molecule has 0 saturated carbocycles. The average Bonchev–Trinajstić information content (AvgIpc) is 3.10. The van der Waals surface area contributed by atoms with Crippen LogP contribution in [0.25, 0.3) is 10.9 Å². The highest BCUT2D eigenvalue weighted by Crippen LogP contribution is 2.25. The predicted octanol–water partition coefficient (Wildman–Crippen LogP) is 2.71. The summed E-state index contributed by atoms with van der Waals surface area (Å²) in [6.45, 7) is 2.60. The van der Waals surface area contributed by atoms with Gasteiger partial charge < -0.3 is 20.1 Å². The number of nitrogens with one attached hydrogen (secondary N) is 2. The van der Waals surface area contributed by atoms with Gasteiger partial charge in [0.25, 0.3) is 5.91 Å². The number of benzene rings is 1. The first-order valence-corrected chi connectivity index (χ1v) is 8.61. The number of piperazine rings is 1. The SMILES string of the molecule is CNc1cccnc1N1CCN(C(=O)c2c[nH]c3ccc(F)cc23)CC1. The Morgan fingerprint density at radius 2 is 2.04 bits per heavy atom. The topological polar surface area (TPSA) is 64.3 Å². The summed E-state index contributed by atoms with van der Waals surface area (Å²) in [5.74, 6) is 0.485. The molecule has 1 amide bonds.